The molecule has 0 spiro atoms. The molecule has 0 N–H and O–H groups in total. The van der Waals surface area contributed by atoms with Gasteiger partial charge in [-0.05, 0) is 54.6 Å². The molecular weight excluding hydrogens is 465 g/mol. The van der Waals surface area contributed by atoms with E-state index in [1.807, 2.05) is 0 Å². The first kappa shape index (κ1) is 24.1. The van der Waals surface area contributed by atoms with Gasteiger partial charge in [0.2, 0.25) is 0 Å². The van der Waals surface area contributed by atoms with Crippen LogP contribution in [0.4, 0.5) is 0 Å². The van der Waals surface area contributed by atoms with Crippen molar-refractivity contribution in [1.82, 2.24) is 0 Å². The maximum atomic E-state index is 3.64. The van der Waals surface area contributed by atoms with Crippen molar-refractivity contribution >= 4 is 51.6 Å². The lowest BCUT2D eigenvalue weighted by molar-refractivity contribution is 1.43. The van der Waals surface area contributed by atoms with Gasteiger partial charge in [0.15, 0.2) is 0 Å². The zero-order valence-corrected chi connectivity index (χ0v) is 24.1. The molecule has 0 saturated carbocycles. The van der Waals surface area contributed by atoms with E-state index in [0.717, 1.165) is 11.1 Å². The summed E-state index contributed by atoms with van der Waals surface area (Å²) in [5, 5.41) is 7.25. The molecule has 2 heteroatoms. The predicted octanol–water partition coefficient (Wildman–Crippen LogP) is 3.00. The third kappa shape index (κ3) is 5.03. The smallest absolute Gasteiger partial charge is 0.127 e. The van der Waals surface area contributed by atoms with Crippen LogP contribution in [-0.4, -0.2) is 16.1 Å². The lowest BCUT2D eigenvalue weighted by Gasteiger charge is -2.10. The lowest BCUT2D eigenvalue weighted by atomic mass is 9.94. The fourth-order valence-electron chi connectivity index (χ4n) is 4.50. The zero-order valence-electron chi connectivity index (χ0n) is 22.1. The van der Waals surface area contributed by atoms with E-state index in [0.29, 0.717) is 0 Å². The van der Waals surface area contributed by atoms with Crippen LogP contribution >= 0.6 is 0 Å². The highest BCUT2D eigenvalue weighted by Gasteiger charge is 2.15. The van der Waals surface area contributed by atoms with Gasteiger partial charge in [0.1, 0.15) is 16.1 Å². The second-order valence-electron chi connectivity index (χ2n) is 11.6. The number of fused-ring (bicyclic) bond motifs is 4. The van der Waals surface area contributed by atoms with E-state index in [4.69, 9.17) is 0 Å². The Morgan fingerprint density at radius 3 is 1.22 bits per heavy atom. The third-order valence-electron chi connectivity index (χ3n) is 6.23. The number of hydrogen-bond acceptors (Lipinski definition) is 0. The van der Waals surface area contributed by atoms with Crippen molar-refractivity contribution in [1.29, 1.82) is 0 Å². The SMILES string of the molecule is C[Si](C)(C)C#CC1=c2ccccc2=CC=c2cc3c(cc21)=CC=c1ccccc1=C3C#C[Si](C)(C)C. The van der Waals surface area contributed by atoms with Crippen LogP contribution in [0.3, 0.4) is 0 Å². The van der Waals surface area contributed by atoms with E-state index in [1.165, 1.54) is 42.4 Å². The maximum absolute atomic E-state index is 3.64. The first-order valence-electron chi connectivity index (χ1n) is 12.6. The summed E-state index contributed by atoms with van der Waals surface area (Å²) in [6.07, 6.45) is 8.97. The van der Waals surface area contributed by atoms with Crippen molar-refractivity contribution in [2.24, 2.45) is 0 Å². The van der Waals surface area contributed by atoms with Gasteiger partial charge in [-0.15, -0.1) is 11.1 Å². The van der Waals surface area contributed by atoms with Crippen LogP contribution in [0, 0.1) is 22.9 Å². The molecule has 2 aliphatic rings. The van der Waals surface area contributed by atoms with E-state index in [9.17, 15) is 0 Å². The summed E-state index contributed by atoms with van der Waals surface area (Å²) in [6, 6.07) is 21.9. The Morgan fingerprint density at radius 2 is 0.833 bits per heavy atom. The molecule has 0 heterocycles. The summed E-state index contributed by atoms with van der Waals surface area (Å²) in [5.41, 5.74) is 11.9. The monoisotopic (exact) mass is 496 g/mol. The molecule has 0 unspecified atom stereocenters. The summed E-state index contributed by atoms with van der Waals surface area (Å²) < 4.78 is 0. The first-order chi connectivity index (χ1) is 17.1. The van der Waals surface area contributed by atoms with Crippen molar-refractivity contribution < 1.29 is 0 Å². The van der Waals surface area contributed by atoms with Crippen LogP contribution in [0.15, 0.2) is 60.7 Å². The van der Waals surface area contributed by atoms with Crippen molar-refractivity contribution in [2.75, 3.05) is 0 Å². The summed E-state index contributed by atoms with van der Waals surface area (Å²) >= 11 is 0. The van der Waals surface area contributed by atoms with Crippen molar-refractivity contribution in [3.05, 3.63) is 103 Å². The highest BCUT2D eigenvalue weighted by molar-refractivity contribution is 6.84. The van der Waals surface area contributed by atoms with Crippen molar-refractivity contribution in [3.8, 4) is 22.9 Å². The largest absolute Gasteiger partial charge is 0.129 e. The van der Waals surface area contributed by atoms with Gasteiger partial charge >= 0.3 is 0 Å². The van der Waals surface area contributed by atoms with Crippen LogP contribution < -0.4 is 31.3 Å². The Kier molecular flexibility index (Phi) is 6.13. The molecule has 0 nitrogen and oxygen atoms in total. The topological polar surface area (TPSA) is 0 Å². The molecule has 0 bridgehead atoms. The van der Waals surface area contributed by atoms with Crippen LogP contribution in [0.5, 0.6) is 0 Å². The molecule has 0 amide bonds. The lowest BCUT2D eigenvalue weighted by Crippen LogP contribution is -2.29. The standard InChI is InChI=1S/C34H32Si2/c1-35(2,3)21-19-31-29-13-9-7-11-25(29)15-17-27-24-34-28(23-33(27)31)18-16-26-12-8-10-14-30(26)32(34)20-22-36(4,5)6/h7-18,23-24H,1-6H3. The Morgan fingerprint density at radius 1 is 0.472 bits per heavy atom. The number of rotatable bonds is 0. The molecule has 0 atom stereocenters. The summed E-state index contributed by atoms with van der Waals surface area (Å²) in [6.45, 7) is 13.8. The molecule has 36 heavy (non-hydrogen) atoms. The van der Waals surface area contributed by atoms with E-state index < -0.39 is 16.1 Å². The molecule has 5 rings (SSSR count). The fourth-order valence-corrected chi connectivity index (χ4v) is 5.50. The normalized spacial score (nSPS) is 13.6. The summed E-state index contributed by atoms with van der Waals surface area (Å²) in [5.74, 6) is 7.29. The highest BCUT2D eigenvalue weighted by atomic mass is 28.3. The van der Waals surface area contributed by atoms with Crippen molar-refractivity contribution in [2.45, 2.75) is 39.3 Å². The average Bonchev–Trinajstić information content (AvgIpc) is 3.07. The van der Waals surface area contributed by atoms with Gasteiger partial charge in [-0.1, -0.05) is 124 Å². The van der Waals surface area contributed by atoms with Crippen LogP contribution in [0.2, 0.25) is 39.3 Å². The van der Waals surface area contributed by atoms with Gasteiger partial charge in [0.05, 0.1) is 0 Å². The molecule has 0 aliphatic heterocycles. The minimum atomic E-state index is -1.55. The second-order valence-corrected chi connectivity index (χ2v) is 21.1. The van der Waals surface area contributed by atoms with Gasteiger partial charge in [-0.3, -0.25) is 0 Å². The molecule has 176 valence electrons. The second kappa shape index (κ2) is 9.14. The Bertz CT molecular complexity index is 1760. The van der Waals surface area contributed by atoms with Crippen molar-refractivity contribution in [3.63, 3.8) is 0 Å². The van der Waals surface area contributed by atoms with Crippen LogP contribution in [0.25, 0.3) is 35.5 Å². The first-order valence-corrected chi connectivity index (χ1v) is 19.6. The van der Waals surface area contributed by atoms with Gasteiger partial charge in [-0.25, -0.2) is 0 Å². The Labute approximate surface area is 216 Å². The molecule has 0 aromatic heterocycles. The fraction of sp³-hybridized carbons (Fsp3) is 0.176. The van der Waals surface area contributed by atoms with Gasteiger partial charge in [0, 0.05) is 11.1 Å². The van der Waals surface area contributed by atoms with Gasteiger partial charge < -0.3 is 0 Å². The molecular formula is C34H32Si2. The van der Waals surface area contributed by atoms with Gasteiger partial charge in [-0.2, -0.15) is 0 Å². The molecule has 0 radical (unpaired) electrons. The summed E-state index contributed by atoms with van der Waals surface area (Å²) in [7, 11) is -3.11. The summed E-state index contributed by atoms with van der Waals surface area (Å²) in [4.78, 5) is 0. The molecule has 3 aromatic rings. The minimum absolute atomic E-state index is 1.13. The van der Waals surface area contributed by atoms with E-state index in [-0.39, 0.29) is 0 Å². The Balaban J connectivity index is 1.91. The van der Waals surface area contributed by atoms with E-state index in [1.54, 1.807) is 0 Å². The van der Waals surface area contributed by atoms with E-state index in [2.05, 4.69) is 147 Å². The third-order valence-corrected chi connectivity index (χ3v) is 7.98. The number of hydrogen-bond donors (Lipinski definition) is 0. The average molecular weight is 497 g/mol. The maximum Gasteiger partial charge on any atom is 0.129 e. The Hall–Kier alpha value is -3.57. The molecule has 3 aromatic carbocycles. The molecule has 2 aliphatic carbocycles. The van der Waals surface area contributed by atoms with Crippen LogP contribution in [0.1, 0.15) is 11.1 Å². The quantitative estimate of drug-likeness (QED) is 0.332. The minimum Gasteiger partial charge on any atom is -0.127 e. The molecule has 0 saturated heterocycles. The number of benzene rings is 3. The van der Waals surface area contributed by atoms with E-state index >= 15 is 0 Å². The van der Waals surface area contributed by atoms with Gasteiger partial charge in [0.25, 0.3) is 0 Å². The predicted molar refractivity (Wildman–Crippen MR) is 162 cm³/mol. The zero-order chi connectivity index (χ0) is 25.5. The van der Waals surface area contributed by atoms with Crippen LogP contribution in [-0.2, 0) is 0 Å². The highest BCUT2D eigenvalue weighted by Crippen LogP contribution is 2.12. The molecule has 0 fully saturated rings.